The van der Waals surface area contributed by atoms with Crippen molar-refractivity contribution in [3.63, 3.8) is 0 Å². The van der Waals surface area contributed by atoms with Crippen LogP contribution in [0.1, 0.15) is 12.8 Å². The zero-order valence-corrected chi connectivity index (χ0v) is 12.8. The van der Waals surface area contributed by atoms with Crippen molar-refractivity contribution < 1.29 is 9.53 Å². The predicted octanol–water partition coefficient (Wildman–Crippen LogP) is 3.22. The Bertz CT molecular complexity index is 643. The Labute approximate surface area is 131 Å². The molecular weight excluding hydrogens is 310 g/mol. The summed E-state index contributed by atoms with van der Waals surface area (Å²) in [4.78, 5) is 11.8. The first-order chi connectivity index (χ1) is 10.2. The summed E-state index contributed by atoms with van der Waals surface area (Å²) in [6.45, 7) is 0.757. The number of halogens is 1. The molecule has 1 aliphatic rings. The molecule has 1 saturated carbocycles. The number of benzene rings is 1. The first kappa shape index (κ1) is 14.4. The van der Waals surface area contributed by atoms with Crippen molar-refractivity contribution in [3.05, 3.63) is 28.6 Å². The van der Waals surface area contributed by atoms with E-state index < -0.39 is 0 Å². The van der Waals surface area contributed by atoms with Crippen molar-refractivity contribution in [2.45, 2.75) is 12.8 Å². The van der Waals surface area contributed by atoms with Gasteiger partial charge in [-0.2, -0.15) is 0 Å². The summed E-state index contributed by atoms with van der Waals surface area (Å²) in [6.07, 6.45) is 2.43. The fourth-order valence-electron chi connectivity index (χ4n) is 1.89. The average Bonchev–Trinajstić information content (AvgIpc) is 3.19. The molecule has 3 rings (SSSR count). The largest absolute Gasteiger partial charge is 0.371 e. The summed E-state index contributed by atoms with van der Waals surface area (Å²) < 4.78 is 9.70. The van der Waals surface area contributed by atoms with Crippen molar-refractivity contribution in [1.29, 1.82) is 0 Å². The van der Waals surface area contributed by atoms with Gasteiger partial charge in [-0.3, -0.25) is 4.79 Å². The summed E-state index contributed by atoms with van der Waals surface area (Å²) in [7, 11) is 0. The molecule has 0 radical (unpaired) electrons. The highest BCUT2D eigenvalue weighted by Crippen LogP contribution is 2.30. The lowest BCUT2D eigenvalue weighted by atomic mass is 10.1. The third-order valence-electron chi connectivity index (χ3n) is 3.15. The van der Waals surface area contributed by atoms with Gasteiger partial charge < -0.3 is 10.1 Å². The molecule has 21 heavy (non-hydrogen) atoms. The fourth-order valence-corrected chi connectivity index (χ4v) is 2.57. The number of aromatic nitrogens is 2. The first-order valence-electron chi connectivity index (χ1n) is 6.68. The number of ether oxygens (including phenoxy) is 1. The highest BCUT2D eigenvalue weighted by Gasteiger charge is 2.21. The van der Waals surface area contributed by atoms with Crippen molar-refractivity contribution in [1.82, 2.24) is 9.59 Å². The summed E-state index contributed by atoms with van der Waals surface area (Å²) >= 11 is 7.16. The lowest BCUT2D eigenvalue weighted by Gasteiger charge is -2.07. The van der Waals surface area contributed by atoms with Gasteiger partial charge in [-0.05, 0) is 30.9 Å². The number of carbonyl (C=O) groups excluding carboxylic acids is 1. The van der Waals surface area contributed by atoms with Crippen LogP contribution in [0.25, 0.3) is 11.3 Å². The maximum atomic E-state index is 11.8. The Kier molecular flexibility index (Phi) is 4.48. The lowest BCUT2D eigenvalue weighted by Crippen LogP contribution is -2.19. The maximum absolute atomic E-state index is 11.8. The van der Waals surface area contributed by atoms with Crippen molar-refractivity contribution >= 4 is 34.7 Å². The molecule has 2 aromatic rings. The molecule has 1 aliphatic carbocycles. The molecule has 1 amide bonds. The molecule has 1 aromatic heterocycles. The van der Waals surface area contributed by atoms with E-state index in [4.69, 9.17) is 16.3 Å². The second kappa shape index (κ2) is 6.51. The van der Waals surface area contributed by atoms with Gasteiger partial charge in [0, 0.05) is 22.8 Å². The number of anilines is 1. The van der Waals surface area contributed by atoms with Gasteiger partial charge in [-0.1, -0.05) is 28.2 Å². The van der Waals surface area contributed by atoms with E-state index in [1.807, 2.05) is 24.3 Å². The molecule has 5 nitrogen and oxygen atoms in total. The molecule has 0 bridgehead atoms. The number of nitrogens with zero attached hydrogens (tertiary/aromatic N) is 2. The summed E-state index contributed by atoms with van der Waals surface area (Å²) in [5.41, 5.74) is 2.14. The summed E-state index contributed by atoms with van der Waals surface area (Å²) in [5.74, 6) is 0.496. The number of amides is 1. The van der Waals surface area contributed by atoms with Crippen LogP contribution in [0.4, 0.5) is 5.69 Å². The minimum Gasteiger partial charge on any atom is -0.371 e. The van der Waals surface area contributed by atoms with Gasteiger partial charge in [-0.25, -0.2) is 0 Å². The quantitative estimate of drug-likeness (QED) is 0.886. The Balaban J connectivity index is 1.60. The standard InChI is InChI=1S/C14H14ClN3O2S/c15-14-13(17-18-21-14)10-2-1-3-11(6-10)16-12(19)8-20-7-9-4-5-9/h1-3,6,9H,4-5,7-8H2,(H,16,19). The van der Waals surface area contributed by atoms with Crippen LogP contribution in [0.3, 0.4) is 0 Å². The third kappa shape index (κ3) is 4.00. The molecule has 1 N–H and O–H groups in total. The second-order valence-corrected chi connectivity index (χ2v) is 6.34. The smallest absolute Gasteiger partial charge is 0.250 e. The van der Waals surface area contributed by atoms with Gasteiger partial charge >= 0.3 is 0 Å². The van der Waals surface area contributed by atoms with Crippen LogP contribution in [-0.2, 0) is 9.53 Å². The van der Waals surface area contributed by atoms with Crippen LogP contribution in [0, 0.1) is 5.92 Å². The second-order valence-electron chi connectivity index (χ2n) is 4.98. The zero-order valence-electron chi connectivity index (χ0n) is 11.2. The van der Waals surface area contributed by atoms with Crippen LogP contribution in [0.15, 0.2) is 24.3 Å². The van der Waals surface area contributed by atoms with E-state index in [1.165, 1.54) is 12.8 Å². The normalized spacial score (nSPS) is 14.1. The van der Waals surface area contributed by atoms with Gasteiger partial charge in [-0.15, -0.1) is 5.10 Å². The molecule has 0 spiro atoms. The predicted molar refractivity (Wildman–Crippen MR) is 82.5 cm³/mol. The molecule has 7 heteroatoms. The molecule has 0 aliphatic heterocycles. The number of rotatable bonds is 6. The Morgan fingerprint density at radius 2 is 2.33 bits per heavy atom. The lowest BCUT2D eigenvalue weighted by molar-refractivity contribution is -0.120. The molecule has 0 atom stereocenters. The van der Waals surface area contributed by atoms with E-state index in [1.54, 1.807) is 0 Å². The summed E-state index contributed by atoms with van der Waals surface area (Å²) in [5, 5.41) is 6.79. The van der Waals surface area contributed by atoms with E-state index in [2.05, 4.69) is 14.9 Å². The zero-order chi connectivity index (χ0) is 14.7. The van der Waals surface area contributed by atoms with Crippen molar-refractivity contribution in [2.75, 3.05) is 18.5 Å². The first-order valence-corrected chi connectivity index (χ1v) is 7.83. The van der Waals surface area contributed by atoms with E-state index in [9.17, 15) is 4.79 Å². The Morgan fingerprint density at radius 3 is 3.05 bits per heavy atom. The molecule has 110 valence electrons. The van der Waals surface area contributed by atoms with Gasteiger partial charge in [0.2, 0.25) is 5.91 Å². The van der Waals surface area contributed by atoms with Gasteiger partial charge in [0.15, 0.2) is 0 Å². The van der Waals surface area contributed by atoms with Crippen LogP contribution in [0.5, 0.6) is 0 Å². The molecular formula is C14H14ClN3O2S. The monoisotopic (exact) mass is 323 g/mol. The summed E-state index contributed by atoms with van der Waals surface area (Å²) in [6, 6.07) is 7.35. The third-order valence-corrected chi connectivity index (χ3v) is 4.05. The van der Waals surface area contributed by atoms with Gasteiger partial charge in [0.1, 0.15) is 16.6 Å². The molecule has 1 fully saturated rings. The van der Waals surface area contributed by atoms with Crippen LogP contribution in [-0.4, -0.2) is 28.7 Å². The Hall–Kier alpha value is -1.50. The topological polar surface area (TPSA) is 64.1 Å². The molecule has 1 heterocycles. The van der Waals surface area contributed by atoms with Gasteiger partial charge in [0.25, 0.3) is 0 Å². The van der Waals surface area contributed by atoms with E-state index in [0.717, 1.165) is 17.1 Å². The van der Waals surface area contributed by atoms with Crippen LogP contribution < -0.4 is 5.32 Å². The minimum atomic E-state index is -0.157. The van der Waals surface area contributed by atoms with Crippen molar-refractivity contribution in [3.8, 4) is 11.3 Å². The number of carbonyl (C=O) groups is 1. The SMILES string of the molecule is O=C(COCC1CC1)Nc1cccc(-c2nnsc2Cl)c1. The number of nitrogens with one attached hydrogen (secondary N) is 1. The maximum Gasteiger partial charge on any atom is 0.250 e. The minimum absolute atomic E-state index is 0.0831. The molecule has 0 unspecified atom stereocenters. The van der Waals surface area contributed by atoms with Crippen LogP contribution >= 0.6 is 23.1 Å². The van der Waals surface area contributed by atoms with E-state index in [-0.39, 0.29) is 12.5 Å². The molecule has 0 saturated heterocycles. The highest BCUT2D eigenvalue weighted by molar-refractivity contribution is 7.10. The Morgan fingerprint density at radius 1 is 1.48 bits per heavy atom. The van der Waals surface area contributed by atoms with E-state index >= 15 is 0 Å². The highest BCUT2D eigenvalue weighted by atomic mass is 35.5. The van der Waals surface area contributed by atoms with Crippen LogP contribution in [0.2, 0.25) is 4.34 Å². The number of hydrogen-bond donors (Lipinski definition) is 1. The fraction of sp³-hybridized carbons (Fsp3) is 0.357. The van der Waals surface area contributed by atoms with Crippen molar-refractivity contribution in [2.24, 2.45) is 5.92 Å². The van der Waals surface area contributed by atoms with E-state index in [0.29, 0.717) is 28.2 Å². The van der Waals surface area contributed by atoms with Gasteiger partial charge in [0.05, 0.1) is 6.61 Å². The number of hydrogen-bond acceptors (Lipinski definition) is 5. The molecule has 1 aromatic carbocycles. The average molecular weight is 324 g/mol.